The molecule has 0 aliphatic carbocycles. The van der Waals surface area contributed by atoms with E-state index in [1.54, 1.807) is 0 Å². The van der Waals surface area contributed by atoms with Gasteiger partial charge in [0.2, 0.25) is 0 Å². The van der Waals surface area contributed by atoms with Crippen molar-refractivity contribution in [2.45, 2.75) is 116 Å². The van der Waals surface area contributed by atoms with Gasteiger partial charge >= 0.3 is 29.6 Å². The second-order valence-corrected chi connectivity index (χ2v) is 8.51. The summed E-state index contributed by atoms with van der Waals surface area (Å²) in [7, 11) is 0. The van der Waals surface area contributed by atoms with Gasteiger partial charge in [0, 0.05) is 5.97 Å². The SMILES string of the molecule is C=Cc1ccc(C(CCCCCCCCC)CCCCCCCCC(=O)[O-])cc1.[Na+]. The summed E-state index contributed by atoms with van der Waals surface area (Å²) >= 11 is 0. The predicted octanol–water partition coefficient (Wildman–Crippen LogP) is 4.43. The van der Waals surface area contributed by atoms with E-state index in [-0.39, 0.29) is 36.0 Å². The summed E-state index contributed by atoms with van der Waals surface area (Å²) in [6.07, 6.45) is 20.9. The molecule has 1 atom stereocenters. The van der Waals surface area contributed by atoms with Gasteiger partial charge in [0.1, 0.15) is 0 Å². The molecule has 0 aliphatic heterocycles. The first-order chi connectivity index (χ1) is 14.2. The maximum atomic E-state index is 10.4. The average molecular weight is 423 g/mol. The fourth-order valence-corrected chi connectivity index (χ4v) is 4.10. The average Bonchev–Trinajstić information content (AvgIpc) is 2.73. The van der Waals surface area contributed by atoms with Gasteiger partial charge in [-0.2, -0.15) is 0 Å². The summed E-state index contributed by atoms with van der Waals surface area (Å²) in [4.78, 5) is 10.4. The van der Waals surface area contributed by atoms with Crippen molar-refractivity contribution in [2.75, 3.05) is 0 Å². The fourth-order valence-electron chi connectivity index (χ4n) is 4.10. The van der Waals surface area contributed by atoms with Gasteiger partial charge in [-0.3, -0.25) is 0 Å². The Hall–Kier alpha value is -0.570. The normalized spacial score (nSPS) is 11.6. The van der Waals surface area contributed by atoms with E-state index in [0.29, 0.717) is 5.92 Å². The molecule has 0 saturated carbocycles. The van der Waals surface area contributed by atoms with Crippen LogP contribution < -0.4 is 34.7 Å². The molecule has 0 aromatic heterocycles. The molecule has 0 amide bonds. The number of hydrogen-bond acceptors (Lipinski definition) is 2. The van der Waals surface area contributed by atoms with Crippen molar-refractivity contribution in [1.82, 2.24) is 0 Å². The van der Waals surface area contributed by atoms with Crippen LogP contribution in [0, 0.1) is 0 Å². The first-order valence-corrected chi connectivity index (χ1v) is 12.1. The molecule has 0 aliphatic rings. The third-order valence-corrected chi connectivity index (χ3v) is 5.98. The molecule has 0 spiro atoms. The smallest absolute Gasteiger partial charge is 0.550 e. The Labute approximate surface area is 208 Å². The second kappa shape index (κ2) is 20.3. The fraction of sp³-hybridized carbons (Fsp3) is 0.667. The quantitative estimate of drug-likeness (QED) is 0.244. The number of benzene rings is 1. The summed E-state index contributed by atoms with van der Waals surface area (Å²) in [6.45, 7) is 6.14. The van der Waals surface area contributed by atoms with Crippen molar-refractivity contribution in [3.8, 4) is 0 Å². The van der Waals surface area contributed by atoms with Crippen molar-refractivity contribution in [3.63, 3.8) is 0 Å². The van der Waals surface area contributed by atoms with E-state index < -0.39 is 5.97 Å². The minimum Gasteiger partial charge on any atom is -0.550 e. The van der Waals surface area contributed by atoms with Crippen LogP contribution >= 0.6 is 0 Å². The molecule has 1 rings (SSSR count). The largest absolute Gasteiger partial charge is 1.00 e. The summed E-state index contributed by atoms with van der Waals surface area (Å²) in [6, 6.07) is 8.97. The molecule has 3 heteroatoms. The number of unbranched alkanes of at least 4 members (excludes halogenated alkanes) is 11. The molecule has 1 aromatic rings. The zero-order chi connectivity index (χ0) is 21.2. The molecule has 0 heterocycles. The van der Waals surface area contributed by atoms with E-state index in [0.717, 1.165) is 19.3 Å². The molecule has 164 valence electrons. The Kier molecular flexibility index (Phi) is 20.0. The molecule has 0 radical (unpaired) electrons. The Morgan fingerprint density at radius 2 is 1.30 bits per heavy atom. The molecule has 0 bridgehead atoms. The standard InChI is InChI=1S/C27H44O2.Na/c1-3-5-6-7-8-11-14-17-25(26-22-20-24(4-2)21-23-26)18-15-12-9-10-13-16-19-27(28)29;/h4,20-23,25H,2-3,5-19H2,1H3,(H,28,29);/q;+1/p-1. The van der Waals surface area contributed by atoms with Crippen LogP contribution in [0.2, 0.25) is 0 Å². The van der Waals surface area contributed by atoms with E-state index in [4.69, 9.17) is 0 Å². The van der Waals surface area contributed by atoms with Crippen LogP contribution in [0.1, 0.15) is 127 Å². The number of carbonyl (C=O) groups is 1. The number of carbonyl (C=O) groups excluding carboxylic acids is 1. The van der Waals surface area contributed by atoms with Gasteiger partial charge in [-0.05, 0) is 42.7 Å². The van der Waals surface area contributed by atoms with E-state index in [1.165, 1.54) is 88.2 Å². The van der Waals surface area contributed by atoms with Gasteiger partial charge in [0.15, 0.2) is 0 Å². The summed E-state index contributed by atoms with van der Waals surface area (Å²) < 4.78 is 0. The maximum Gasteiger partial charge on any atom is 1.00 e. The zero-order valence-electron chi connectivity index (χ0n) is 19.8. The molecular weight excluding hydrogens is 379 g/mol. The van der Waals surface area contributed by atoms with Crippen LogP contribution in [0.15, 0.2) is 30.8 Å². The van der Waals surface area contributed by atoms with Gasteiger partial charge in [0.25, 0.3) is 0 Å². The molecule has 1 unspecified atom stereocenters. The number of carboxylic acids is 1. The van der Waals surface area contributed by atoms with Crippen LogP contribution in [0.3, 0.4) is 0 Å². The first kappa shape index (κ1) is 29.4. The van der Waals surface area contributed by atoms with E-state index in [2.05, 4.69) is 37.8 Å². The van der Waals surface area contributed by atoms with Gasteiger partial charge in [0.05, 0.1) is 0 Å². The predicted molar refractivity (Wildman–Crippen MR) is 124 cm³/mol. The zero-order valence-corrected chi connectivity index (χ0v) is 21.8. The van der Waals surface area contributed by atoms with E-state index >= 15 is 0 Å². The Bertz CT molecular complexity index is 538. The number of aliphatic carboxylic acids is 1. The Balaban J connectivity index is 0.00000841. The van der Waals surface area contributed by atoms with Crippen molar-refractivity contribution < 1.29 is 39.5 Å². The summed E-state index contributed by atoms with van der Waals surface area (Å²) in [5, 5.41) is 10.4. The van der Waals surface area contributed by atoms with Crippen LogP contribution in [0.4, 0.5) is 0 Å². The second-order valence-electron chi connectivity index (χ2n) is 8.51. The third-order valence-electron chi connectivity index (χ3n) is 5.98. The van der Waals surface area contributed by atoms with E-state index in [1.807, 2.05) is 6.08 Å². The van der Waals surface area contributed by atoms with Gasteiger partial charge in [-0.1, -0.05) is 121 Å². The molecule has 0 N–H and O–H groups in total. The topological polar surface area (TPSA) is 40.1 Å². The van der Waals surface area contributed by atoms with Crippen molar-refractivity contribution in [3.05, 3.63) is 42.0 Å². The van der Waals surface area contributed by atoms with Crippen LogP contribution in [0.5, 0.6) is 0 Å². The minimum atomic E-state index is -0.916. The Morgan fingerprint density at radius 3 is 1.77 bits per heavy atom. The van der Waals surface area contributed by atoms with Crippen LogP contribution in [-0.4, -0.2) is 5.97 Å². The van der Waals surface area contributed by atoms with E-state index in [9.17, 15) is 9.90 Å². The molecule has 30 heavy (non-hydrogen) atoms. The molecule has 2 nitrogen and oxygen atoms in total. The number of rotatable bonds is 19. The molecular formula is C27H43NaO2. The number of hydrogen-bond donors (Lipinski definition) is 0. The van der Waals surface area contributed by atoms with Crippen molar-refractivity contribution in [2.24, 2.45) is 0 Å². The number of carboxylic acid groups (broad SMARTS) is 1. The van der Waals surface area contributed by atoms with Gasteiger partial charge < -0.3 is 9.90 Å². The third kappa shape index (κ3) is 15.3. The van der Waals surface area contributed by atoms with Crippen molar-refractivity contribution in [1.29, 1.82) is 0 Å². The molecule has 1 aromatic carbocycles. The molecule has 0 saturated heterocycles. The Morgan fingerprint density at radius 1 is 0.833 bits per heavy atom. The van der Waals surface area contributed by atoms with Gasteiger partial charge in [-0.15, -0.1) is 0 Å². The van der Waals surface area contributed by atoms with Crippen LogP contribution in [0.25, 0.3) is 6.08 Å². The maximum absolute atomic E-state index is 10.4. The summed E-state index contributed by atoms with van der Waals surface area (Å²) in [5.74, 6) is -0.247. The van der Waals surface area contributed by atoms with Crippen LogP contribution in [-0.2, 0) is 4.79 Å². The van der Waals surface area contributed by atoms with Crippen molar-refractivity contribution >= 4 is 12.0 Å². The molecule has 0 fully saturated rings. The summed E-state index contributed by atoms with van der Waals surface area (Å²) in [5.41, 5.74) is 2.68. The monoisotopic (exact) mass is 422 g/mol. The minimum absolute atomic E-state index is 0. The van der Waals surface area contributed by atoms with Gasteiger partial charge in [-0.25, -0.2) is 0 Å². The first-order valence-electron chi connectivity index (χ1n) is 12.1.